The monoisotopic (exact) mass is 162 g/mol. The summed E-state index contributed by atoms with van der Waals surface area (Å²) in [7, 11) is 3.35. The first-order valence-electron chi connectivity index (χ1n) is 3.80. The molecular formula is C10H10O2. The van der Waals surface area contributed by atoms with Gasteiger partial charge in [0.1, 0.15) is 11.5 Å². The van der Waals surface area contributed by atoms with E-state index < -0.39 is 0 Å². The van der Waals surface area contributed by atoms with Crippen molar-refractivity contribution in [2.45, 2.75) is 0 Å². The number of hydrogen-bond acceptors (Lipinski definition) is 2. The second kappa shape index (κ2) is 2.55. The third kappa shape index (κ3) is 0.811. The molecule has 0 heterocycles. The molecule has 0 fully saturated rings. The van der Waals surface area contributed by atoms with Gasteiger partial charge in [0.15, 0.2) is 0 Å². The van der Waals surface area contributed by atoms with Crippen LogP contribution in [0, 0.1) is 0 Å². The van der Waals surface area contributed by atoms with Crippen molar-refractivity contribution in [1.29, 1.82) is 0 Å². The predicted octanol–water partition coefficient (Wildman–Crippen LogP) is 2.19. The number of hydrogen-bond donors (Lipinski definition) is 0. The smallest absolute Gasteiger partial charge is 0.126 e. The van der Waals surface area contributed by atoms with E-state index in [0.717, 1.165) is 22.6 Å². The number of ether oxygens (including phenoxy) is 2. The Balaban J connectivity index is 2.52. The lowest BCUT2D eigenvalue weighted by molar-refractivity contribution is 0.401. The van der Waals surface area contributed by atoms with Gasteiger partial charge in [-0.25, -0.2) is 0 Å². The quantitative estimate of drug-likeness (QED) is 0.673. The van der Waals surface area contributed by atoms with Crippen LogP contribution < -0.4 is 9.47 Å². The largest absolute Gasteiger partial charge is 0.496 e. The summed E-state index contributed by atoms with van der Waals surface area (Å²) in [5.41, 5.74) is 2.27. The van der Waals surface area contributed by atoms with Gasteiger partial charge in [0.2, 0.25) is 0 Å². The maximum absolute atomic E-state index is 5.17. The van der Waals surface area contributed by atoms with Crippen LogP contribution in [0.4, 0.5) is 0 Å². The Kier molecular flexibility index (Phi) is 1.54. The van der Waals surface area contributed by atoms with E-state index in [2.05, 4.69) is 0 Å². The number of rotatable bonds is 2. The van der Waals surface area contributed by atoms with Gasteiger partial charge in [-0.3, -0.25) is 0 Å². The van der Waals surface area contributed by atoms with E-state index >= 15 is 0 Å². The molecule has 2 nitrogen and oxygen atoms in total. The van der Waals surface area contributed by atoms with Crippen molar-refractivity contribution in [2.24, 2.45) is 0 Å². The van der Waals surface area contributed by atoms with Crippen LogP contribution in [0.3, 0.4) is 0 Å². The van der Waals surface area contributed by atoms with Gasteiger partial charge < -0.3 is 9.47 Å². The molecule has 1 aliphatic rings. The van der Waals surface area contributed by atoms with E-state index in [4.69, 9.17) is 9.47 Å². The lowest BCUT2D eigenvalue weighted by Crippen LogP contribution is -1.98. The van der Waals surface area contributed by atoms with Crippen molar-refractivity contribution >= 4 is 12.2 Å². The first-order valence-corrected chi connectivity index (χ1v) is 3.80. The Hall–Kier alpha value is -1.44. The molecule has 0 aliphatic heterocycles. The minimum absolute atomic E-state index is 0.910. The maximum atomic E-state index is 5.17. The van der Waals surface area contributed by atoms with Crippen molar-refractivity contribution in [3.63, 3.8) is 0 Å². The van der Waals surface area contributed by atoms with E-state index in [1.165, 1.54) is 0 Å². The highest BCUT2D eigenvalue weighted by Crippen LogP contribution is 2.38. The molecule has 0 N–H and O–H groups in total. The molecule has 2 rings (SSSR count). The Labute approximate surface area is 71.4 Å². The van der Waals surface area contributed by atoms with Crippen LogP contribution in [0.5, 0.6) is 11.5 Å². The summed E-state index contributed by atoms with van der Waals surface area (Å²) in [5, 5.41) is 0. The Bertz CT molecular complexity index is 307. The van der Waals surface area contributed by atoms with Gasteiger partial charge in [0, 0.05) is 11.1 Å². The molecule has 1 aliphatic carbocycles. The third-order valence-electron chi connectivity index (χ3n) is 2.06. The SMILES string of the molecule is COc1ccc(OC)c2c1C=C2. The van der Waals surface area contributed by atoms with Crippen LogP contribution in [0.1, 0.15) is 11.1 Å². The second-order valence-electron chi connectivity index (χ2n) is 2.63. The molecule has 0 bridgehead atoms. The zero-order chi connectivity index (χ0) is 8.55. The summed E-state index contributed by atoms with van der Waals surface area (Å²) >= 11 is 0. The lowest BCUT2D eigenvalue weighted by Gasteiger charge is -2.17. The summed E-state index contributed by atoms with van der Waals surface area (Å²) in [6, 6.07) is 3.84. The number of benzene rings is 1. The Morgan fingerprint density at radius 1 is 0.833 bits per heavy atom. The van der Waals surface area contributed by atoms with Gasteiger partial charge in [-0.2, -0.15) is 0 Å². The van der Waals surface area contributed by atoms with E-state index in [1.54, 1.807) is 14.2 Å². The normalized spacial score (nSPS) is 11.8. The fourth-order valence-corrected chi connectivity index (χ4v) is 1.37. The van der Waals surface area contributed by atoms with Crippen LogP contribution >= 0.6 is 0 Å². The molecule has 62 valence electrons. The molecule has 0 aromatic heterocycles. The van der Waals surface area contributed by atoms with Crippen LogP contribution in [0.15, 0.2) is 12.1 Å². The second-order valence-corrected chi connectivity index (χ2v) is 2.63. The minimum Gasteiger partial charge on any atom is -0.496 e. The molecule has 0 atom stereocenters. The van der Waals surface area contributed by atoms with Gasteiger partial charge in [-0.15, -0.1) is 0 Å². The lowest BCUT2D eigenvalue weighted by atomic mass is 9.96. The molecule has 2 heteroatoms. The third-order valence-corrected chi connectivity index (χ3v) is 2.06. The highest BCUT2D eigenvalue weighted by atomic mass is 16.5. The zero-order valence-electron chi connectivity index (χ0n) is 7.13. The fraction of sp³-hybridized carbons (Fsp3) is 0.200. The van der Waals surface area contributed by atoms with Gasteiger partial charge in [0.05, 0.1) is 14.2 Å². The first-order chi connectivity index (χ1) is 5.86. The molecular weight excluding hydrogens is 152 g/mol. The molecule has 1 aromatic carbocycles. The predicted molar refractivity (Wildman–Crippen MR) is 48.5 cm³/mol. The van der Waals surface area contributed by atoms with Gasteiger partial charge in [0.25, 0.3) is 0 Å². The molecule has 0 radical (unpaired) electrons. The first kappa shape index (κ1) is 7.22. The van der Waals surface area contributed by atoms with E-state index in [9.17, 15) is 0 Å². The molecule has 0 saturated heterocycles. The van der Waals surface area contributed by atoms with Crippen LogP contribution in [0.25, 0.3) is 12.2 Å². The molecule has 0 saturated carbocycles. The van der Waals surface area contributed by atoms with Crippen molar-refractivity contribution in [2.75, 3.05) is 14.2 Å². The average Bonchev–Trinajstić information content (AvgIpc) is 2.05. The maximum Gasteiger partial charge on any atom is 0.126 e. The molecule has 1 aromatic rings. The number of methoxy groups -OCH3 is 2. The summed E-state index contributed by atoms with van der Waals surface area (Å²) in [6.07, 6.45) is 4.05. The Morgan fingerprint density at radius 2 is 1.25 bits per heavy atom. The molecule has 0 unspecified atom stereocenters. The van der Waals surface area contributed by atoms with E-state index in [-0.39, 0.29) is 0 Å². The van der Waals surface area contributed by atoms with Crippen LogP contribution in [-0.2, 0) is 0 Å². The van der Waals surface area contributed by atoms with Crippen molar-refractivity contribution in [1.82, 2.24) is 0 Å². The van der Waals surface area contributed by atoms with Gasteiger partial charge in [-0.1, -0.05) is 0 Å². The summed E-state index contributed by atoms with van der Waals surface area (Å²) < 4.78 is 10.3. The highest BCUT2D eigenvalue weighted by Gasteiger charge is 2.15. The van der Waals surface area contributed by atoms with Crippen molar-refractivity contribution in [3.8, 4) is 11.5 Å². The molecule has 0 spiro atoms. The van der Waals surface area contributed by atoms with Crippen molar-refractivity contribution < 1.29 is 9.47 Å². The van der Waals surface area contributed by atoms with Crippen molar-refractivity contribution in [3.05, 3.63) is 23.3 Å². The molecule has 0 amide bonds. The summed E-state index contributed by atoms with van der Waals surface area (Å²) in [6.45, 7) is 0. The van der Waals surface area contributed by atoms with Gasteiger partial charge >= 0.3 is 0 Å². The highest BCUT2D eigenvalue weighted by molar-refractivity contribution is 5.91. The zero-order valence-corrected chi connectivity index (χ0v) is 7.13. The fourth-order valence-electron chi connectivity index (χ4n) is 1.37. The van der Waals surface area contributed by atoms with Gasteiger partial charge in [-0.05, 0) is 24.3 Å². The standard InChI is InChI=1S/C10H10O2/c1-11-9-5-6-10(12-2)8-4-3-7(8)9/h3-6H,1-2H3. The van der Waals surface area contributed by atoms with E-state index in [1.807, 2.05) is 24.3 Å². The summed E-state index contributed by atoms with van der Waals surface area (Å²) in [5.74, 6) is 1.82. The number of fused-ring (bicyclic) bond motifs is 1. The minimum atomic E-state index is 0.910. The summed E-state index contributed by atoms with van der Waals surface area (Å²) in [4.78, 5) is 0. The van der Waals surface area contributed by atoms with Crippen LogP contribution in [0.2, 0.25) is 0 Å². The average molecular weight is 162 g/mol. The van der Waals surface area contributed by atoms with E-state index in [0.29, 0.717) is 0 Å². The molecule has 12 heavy (non-hydrogen) atoms. The topological polar surface area (TPSA) is 18.5 Å². The Morgan fingerprint density at radius 3 is 1.50 bits per heavy atom. The van der Waals surface area contributed by atoms with Crippen LogP contribution in [-0.4, -0.2) is 14.2 Å².